The normalized spacial score (nSPS) is 27.3. The Balaban J connectivity index is 1.42. The van der Waals surface area contributed by atoms with Gasteiger partial charge in [0, 0.05) is 35.8 Å². The molecule has 4 aliphatic rings. The molecule has 3 aliphatic heterocycles. The third kappa shape index (κ3) is 4.49. The smallest absolute Gasteiger partial charge is 0.271 e. The summed E-state index contributed by atoms with van der Waals surface area (Å²) in [5.74, 6) is -5.90. The van der Waals surface area contributed by atoms with E-state index >= 15 is 0 Å². The Morgan fingerprint density at radius 3 is 2.84 bits per heavy atom. The fraction of sp³-hybridized carbons (Fsp3) is 0.538. The van der Waals surface area contributed by atoms with Crippen molar-refractivity contribution in [2.24, 2.45) is 11.8 Å². The second-order valence-electron chi connectivity index (χ2n) is 10.1. The summed E-state index contributed by atoms with van der Waals surface area (Å²) in [5, 5.41) is 15.6. The molecule has 5 atom stereocenters. The number of amides is 3. The summed E-state index contributed by atoms with van der Waals surface area (Å²) in [6, 6.07) is 5.59. The number of alkyl halides is 2. The van der Waals surface area contributed by atoms with Gasteiger partial charge in [-0.2, -0.15) is 5.26 Å². The van der Waals surface area contributed by atoms with Crippen molar-refractivity contribution in [1.29, 1.82) is 5.26 Å². The lowest BCUT2D eigenvalue weighted by Gasteiger charge is -2.53. The molecule has 0 radical (unpaired) electrons. The summed E-state index contributed by atoms with van der Waals surface area (Å²) >= 11 is 0. The molecule has 1 aromatic carbocycles. The maximum absolute atomic E-state index is 15.0. The van der Waals surface area contributed by atoms with Crippen LogP contribution in [-0.2, 0) is 9.59 Å². The summed E-state index contributed by atoms with van der Waals surface area (Å²) in [6.45, 7) is 0.565. The summed E-state index contributed by atoms with van der Waals surface area (Å²) in [7, 11) is 1.51. The molecule has 2 bridgehead atoms. The van der Waals surface area contributed by atoms with E-state index in [9.17, 15) is 28.4 Å². The van der Waals surface area contributed by atoms with Crippen LogP contribution in [0.1, 0.15) is 49.0 Å². The van der Waals surface area contributed by atoms with Crippen LogP contribution in [0.2, 0.25) is 0 Å². The Labute approximate surface area is 212 Å². The lowest BCUT2D eigenvalue weighted by atomic mass is 9.71. The van der Waals surface area contributed by atoms with Crippen LogP contribution >= 0.6 is 0 Å². The molecule has 11 heteroatoms. The number of carbonyl (C=O) groups is 3. The number of methoxy groups -OCH3 is 1. The Bertz CT molecular complexity index is 1270. The number of halogens is 2. The Hall–Kier alpha value is -3.68. The molecule has 6 rings (SSSR count). The van der Waals surface area contributed by atoms with Crippen LogP contribution in [-0.4, -0.2) is 65.3 Å². The summed E-state index contributed by atoms with van der Waals surface area (Å²) < 4.78 is 35.4. The third-order valence-corrected chi connectivity index (χ3v) is 7.90. The van der Waals surface area contributed by atoms with Crippen LogP contribution in [0.25, 0.3) is 10.9 Å². The van der Waals surface area contributed by atoms with E-state index in [0.717, 1.165) is 6.42 Å². The van der Waals surface area contributed by atoms with Gasteiger partial charge in [0.05, 0.1) is 19.1 Å². The van der Waals surface area contributed by atoms with E-state index in [1.807, 2.05) is 6.07 Å². The van der Waals surface area contributed by atoms with Crippen molar-refractivity contribution in [2.75, 3.05) is 13.7 Å². The molecule has 37 heavy (non-hydrogen) atoms. The molecule has 0 unspecified atom stereocenters. The molecule has 3 amide bonds. The van der Waals surface area contributed by atoms with Gasteiger partial charge >= 0.3 is 0 Å². The van der Waals surface area contributed by atoms with Gasteiger partial charge in [0.25, 0.3) is 11.8 Å². The van der Waals surface area contributed by atoms with Gasteiger partial charge in [-0.25, -0.2) is 8.78 Å². The van der Waals surface area contributed by atoms with Crippen LogP contribution in [0.3, 0.4) is 0 Å². The zero-order chi connectivity index (χ0) is 26.3. The Morgan fingerprint density at radius 1 is 1.32 bits per heavy atom. The Kier molecular flexibility index (Phi) is 6.52. The van der Waals surface area contributed by atoms with Gasteiger partial charge in [-0.1, -0.05) is 6.07 Å². The lowest BCUT2D eigenvalue weighted by molar-refractivity contribution is -0.179. The maximum Gasteiger partial charge on any atom is 0.271 e. The molecule has 2 aromatic rings. The zero-order valence-electron chi connectivity index (χ0n) is 20.4. The highest BCUT2D eigenvalue weighted by molar-refractivity contribution is 6.02. The van der Waals surface area contributed by atoms with Gasteiger partial charge < -0.3 is 25.3 Å². The highest BCUT2D eigenvalue weighted by atomic mass is 19.3. The summed E-state index contributed by atoms with van der Waals surface area (Å²) in [6.07, 6.45) is 1.38. The molecular weight excluding hydrogens is 484 g/mol. The zero-order valence-corrected chi connectivity index (χ0v) is 20.4. The fourth-order valence-electron chi connectivity index (χ4n) is 6.10. The number of nitrogens with zero attached hydrogens (tertiary/aromatic N) is 2. The van der Waals surface area contributed by atoms with E-state index in [2.05, 4.69) is 15.6 Å². The minimum absolute atomic E-state index is 0.0844. The largest absolute Gasteiger partial charge is 0.496 e. The quantitative estimate of drug-likeness (QED) is 0.547. The lowest BCUT2D eigenvalue weighted by Crippen LogP contribution is -2.68. The molecule has 1 aromatic heterocycles. The summed E-state index contributed by atoms with van der Waals surface area (Å²) in [5.41, 5.74) is 0.815. The highest BCUT2D eigenvalue weighted by Crippen LogP contribution is 2.49. The van der Waals surface area contributed by atoms with Crippen LogP contribution in [0, 0.1) is 23.2 Å². The van der Waals surface area contributed by atoms with Crippen molar-refractivity contribution >= 4 is 28.6 Å². The number of fused-ring (bicyclic) bond motifs is 4. The number of nitrogens with one attached hydrogen (secondary N) is 3. The number of rotatable bonds is 6. The average Bonchev–Trinajstić information content (AvgIpc) is 3.33. The molecular formula is C26H29F2N5O4. The SMILES string of the molecule is COc1cccc2[nH]c(C(=O)N3[C@@H]4CC[C@H]([C@H]3C(=O)N[C@@H](C#N)C[C@H]3CCCNC3=O)C(F)(F)C4)cc12. The van der Waals surface area contributed by atoms with Gasteiger partial charge in [-0.05, 0) is 50.3 Å². The van der Waals surface area contributed by atoms with Gasteiger partial charge in [-0.3, -0.25) is 14.4 Å². The number of H-pyrrole nitrogens is 1. The second-order valence-corrected chi connectivity index (χ2v) is 10.1. The van der Waals surface area contributed by atoms with E-state index in [1.165, 1.54) is 12.0 Å². The molecule has 196 valence electrons. The first-order valence-electron chi connectivity index (χ1n) is 12.6. The molecule has 3 saturated heterocycles. The van der Waals surface area contributed by atoms with Gasteiger partial charge in [0.1, 0.15) is 23.5 Å². The first kappa shape index (κ1) is 25.0. The first-order valence-corrected chi connectivity index (χ1v) is 12.6. The maximum atomic E-state index is 15.0. The van der Waals surface area contributed by atoms with E-state index in [0.29, 0.717) is 36.0 Å². The summed E-state index contributed by atoms with van der Waals surface area (Å²) in [4.78, 5) is 43.6. The number of aromatic amines is 1. The van der Waals surface area contributed by atoms with Crippen LogP contribution < -0.4 is 15.4 Å². The van der Waals surface area contributed by atoms with Crippen molar-refractivity contribution in [3.05, 3.63) is 30.0 Å². The number of carbonyl (C=O) groups excluding carboxylic acids is 3. The van der Waals surface area contributed by atoms with E-state index in [1.54, 1.807) is 24.3 Å². The molecule has 0 spiro atoms. The monoisotopic (exact) mass is 513 g/mol. The number of aromatic nitrogens is 1. The number of nitriles is 1. The minimum Gasteiger partial charge on any atom is -0.496 e. The fourth-order valence-corrected chi connectivity index (χ4v) is 6.10. The molecule has 1 aliphatic carbocycles. The number of hydrogen-bond donors (Lipinski definition) is 3. The van der Waals surface area contributed by atoms with Crippen molar-refractivity contribution in [1.82, 2.24) is 20.5 Å². The number of piperidine rings is 3. The van der Waals surface area contributed by atoms with Gasteiger partial charge in [-0.15, -0.1) is 0 Å². The van der Waals surface area contributed by atoms with Crippen molar-refractivity contribution in [3.8, 4) is 11.8 Å². The Morgan fingerprint density at radius 2 is 2.14 bits per heavy atom. The topological polar surface area (TPSA) is 127 Å². The minimum atomic E-state index is -3.11. The van der Waals surface area contributed by atoms with E-state index in [4.69, 9.17) is 4.74 Å². The third-order valence-electron chi connectivity index (χ3n) is 7.90. The van der Waals surface area contributed by atoms with Crippen LogP contribution in [0.5, 0.6) is 5.75 Å². The molecule has 4 heterocycles. The molecule has 4 fully saturated rings. The van der Waals surface area contributed by atoms with Crippen molar-refractivity contribution in [3.63, 3.8) is 0 Å². The number of hydrogen-bond acceptors (Lipinski definition) is 5. The van der Waals surface area contributed by atoms with Gasteiger partial charge in [0.15, 0.2) is 0 Å². The predicted octanol–water partition coefficient (Wildman–Crippen LogP) is 2.73. The number of ether oxygens (including phenoxy) is 1. The second kappa shape index (κ2) is 9.65. The standard InChI is InChI=1S/C26H29F2N5O4/c1-37-21-6-2-5-19-17(21)11-20(32-19)25(36)33-16-7-8-18(26(27,28)12-16)22(33)24(35)31-15(13-29)10-14-4-3-9-30-23(14)34/h2,5-6,11,14-16,18,22,32H,3-4,7-10,12H2,1H3,(H,30,34)(H,31,35)/t14-,15-,16-,18-,22+/m1/s1. The van der Waals surface area contributed by atoms with Gasteiger partial charge in [0.2, 0.25) is 11.8 Å². The van der Waals surface area contributed by atoms with E-state index < -0.39 is 54.1 Å². The molecule has 3 N–H and O–H groups in total. The van der Waals surface area contributed by atoms with Crippen molar-refractivity contribution < 1.29 is 27.9 Å². The van der Waals surface area contributed by atoms with E-state index in [-0.39, 0.29) is 24.4 Å². The van der Waals surface area contributed by atoms with Crippen LogP contribution in [0.4, 0.5) is 8.78 Å². The average molecular weight is 514 g/mol. The molecule has 9 nitrogen and oxygen atoms in total. The molecule has 1 saturated carbocycles. The predicted molar refractivity (Wildman–Crippen MR) is 129 cm³/mol. The highest BCUT2D eigenvalue weighted by Gasteiger charge is 2.60. The number of benzene rings is 1. The van der Waals surface area contributed by atoms with Crippen molar-refractivity contribution in [2.45, 2.75) is 62.6 Å². The van der Waals surface area contributed by atoms with Crippen LogP contribution in [0.15, 0.2) is 24.3 Å². The first-order chi connectivity index (χ1) is 17.7.